The Labute approximate surface area is 238 Å². The number of likely N-dealkylation sites (tertiary alicyclic amines) is 1. The van der Waals surface area contributed by atoms with Crippen molar-refractivity contribution in [3.63, 3.8) is 0 Å². The molecule has 1 saturated heterocycles. The van der Waals surface area contributed by atoms with Crippen molar-refractivity contribution in [1.29, 1.82) is 0 Å². The summed E-state index contributed by atoms with van der Waals surface area (Å²) in [5.41, 5.74) is 2.79. The highest BCUT2D eigenvalue weighted by Crippen LogP contribution is 2.34. The van der Waals surface area contributed by atoms with Crippen molar-refractivity contribution < 1.29 is 18.7 Å². The molecule has 0 radical (unpaired) electrons. The quantitative estimate of drug-likeness (QED) is 0.221. The highest BCUT2D eigenvalue weighted by atomic mass is 19.1. The van der Waals surface area contributed by atoms with Crippen LogP contribution in [0, 0.1) is 11.7 Å². The van der Waals surface area contributed by atoms with Crippen molar-refractivity contribution >= 4 is 11.6 Å². The average Bonchev–Trinajstić information content (AvgIpc) is 2.97. The number of anilines is 1. The van der Waals surface area contributed by atoms with Gasteiger partial charge in [0.05, 0.1) is 7.11 Å². The van der Waals surface area contributed by atoms with E-state index in [1.54, 1.807) is 13.2 Å². The smallest absolute Gasteiger partial charge is 0.226 e. The predicted octanol–water partition coefficient (Wildman–Crippen LogP) is 7.99. The normalized spacial score (nSPS) is 15.1. The maximum absolute atomic E-state index is 14.7. The molecule has 1 unspecified atom stereocenters. The second-order valence-corrected chi connectivity index (χ2v) is 11.0. The second-order valence-electron chi connectivity index (χ2n) is 11.0. The summed E-state index contributed by atoms with van der Waals surface area (Å²) in [5, 5.41) is 3.02. The first kappa shape index (κ1) is 29.6. The standard InChI is InChI=1S/C34H43FN2O3/c1-25(2)34(38)36-28-13-11-12-27(24-28)26-19-22-37(23-20-26)21-10-4-5-16-31(29-14-6-7-15-30(29)35)40-33-18-9-8-17-32(33)39-3/h6-9,11-15,17-18,24-26,31H,4-5,10,16,19-23H2,1-3H3,(H,36,38). The molecule has 3 aromatic carbocycles. The van der Waals surface area contributed by atoms with Gasteiger partial charge in [-0.05, 0) is 93.6 Å². The molecule has 1 N–H and O–H groups in total. The molecule has 4 rings (SSSR count). The zero-order valence-corrected chi connectivity index (χ0v) is 24.1. The molecule has 40 heavy (non-hydrogen) atoms. The minimum Gasteiger partial charge on any atom is -0.493 e. The first-order valence-corrected chi connectivity index (χ1v) is 14.6. The predicted molar refractivity (Wildman–Crippen MR) is 160 cm³/mol. The van der Waals surface area contributed by atoms with Crippen LogP contribution in [0.4, 0.5) is 10.1 Å². The van der Waals surface area contributed by atoms with Crippen molar-refractivity contribution in [3.8, 4) is 11.5 Å². The minimum absolute atomic E-state index is 0.0304. The zero-order valence-electron chi connectivity index (χ0n) is 24.1. The highest BCUT2D eigenvalue weighted by Gasteiger charge is 2.22. The van der Waals surface area contributed by atoms with Crippen molar-refractivity contribution in [2.24, 2.45) is 5.92 Å². The lowest BCUT2D eigenvalue weighted by Gasteiger charge is -2.32. The van der Waals surface area contributed by atoms with E-state index in [0.29, 0.717) is 23.0 Å². The Kier molecular flexibility index (Phi) is 11.0. The number of carbonyl (C=O) groups excluding carboxylic acids is 1. The van der Waals surface area contributed by atoms with Crippen LogP contribution in [-0.4, -0.2) is 37.6 Å². The molecule has 5 nitrogen and oxygen atoms in total. The maximum Gasteiger partial charge on any atom is 0.226 e. The minimum atomic E-state index is -0.366. The van der Waals surface area contributed by atoms with Gasteiger partial charge in [0.15, 0.2) is 11.5 Å². The van der Waals surface area contributed by atoms with E-state index in [1.165, 1.54) is 11.6 Å². The van der Waals surface area contributed by atoms with Crippen LogP contribution in [0.1, 0.15) is 75.5 Å². The van der Waals surface area contributed by atoms with Gasteiger partial charge in [-0.3, -0.25) is 4.79 Å². The number of nitrogens with one attached hydrogen (secondary N) is 1. The number of ether oxygens (including phenoxy) is 2. The van der Waals surface area contributed by atoms with Crippen molar-refractivity contribution in [3.05, 3.63) is 89.7 Å². The van der Waals surface area contributed by atoms with Gasteiger partial charge in [0.1, 0.15) is 11.9 Å². The molecule has 1 aliphatic rings. The van der Waals surface area contributed by atoms with Crippen LogP contribution in [0.15, 0.2) is 72.8 Å². The first-order valence-electron chi connectivity index (χ1n) is 14.6. The summed E-state index contributed by atoms with van der Waals surface area (Å²) in [6.07, 6.45) is 5.77. The molecular weight excluding hydrogens is 503 g/mol. The number of methoxy groups -OCH3 is 1. The summed E-state index contributed by atoms with van der Waals surface area (Å²) < 4.78 is 26.4. The number of piperidine rings is 1. The molecule has 1 aliphatic heterocycles. The lowest BCUT2D eigenvalue weighted by molar-refractivity contribution is -0.118. The zero-order chi connectivity index (χ0) is 28.3. The van der Waals surface area contributed by atoms with E-state index in [1.807, 2.05) is 62.4 Å². The molecule has 1 fully saturated rings. The lowest BCUT2D eigenvalue weighted by Crippen LogP contribution is -2.33. The van der Waals surface area contributed by atoms with Gasteiger partial charge in [-0.2, -0.15) is 0 Å². The summed E-state index contributed by atoms with van der Waals surface area (Å²) >= 11 is 0. The largest absolute Gasteiger partial charge is 0.493 e. The monoisotopic (exact) mass is 546 g/mol. The van der Waals surface area contributed by atoms with Gasteiger partial charge in [0.2, 0.25) is 5.91 Å². The van der Waals surface area contributed by atoms with E-state index in [2.05, 4.69) is 22.3 Å². The molecule has 1 atom stereocenters. The lowest BCUT2D eigenvalue weighted by atomic mass is 9.89. The van der Waals surface area contributed by atoms with Crippen molar-refractivity contribution in [2.75, 3.05) is 32.1 Å². The molecule has 1 heterocycles. The SMILES string of the molecule is COc1ccccc1OC(CCCCCN1CCC(c2cccc(NC(=O)C(C)C)c2)CC1)c1ccccc1F. The Balaban J connectivity index is 1.23. The number of carbonyl (C=O) groups is 1. The van der Waals surface area contributed by atoms with E-state index in [4.69, 9.17) is 9.47 Å². The topological polar surface area (TPSA) is 50.8 Å². The van der Waals surface area contributed by atoms with E-state index in [0.717, 1.165) is 63.8 Å². The van der Waals surface area contributed by atoms with Gasteiger partial charge in [-0.25, -0.2) is 4.39 Å². The van der Waals surface area contributed by atoms with Crippen LogP contribution in [0.5, 0.6) is 11.5 Å². The number of nitrogens with zero attached hydrogens (tertiary/aromatic N) is 1. The van der Waals surface area contributed by atoms with Crippen molar-refractivity contribution in [2.45, 2.75) is 64.4 Å². The number of halogens is 1. The van der Waals surface area contributed by atoms with Crippen LogP contribution in [-0.2, 0) is 4.79 Å². The van der Waals surface area contributed by atoms with Gasteiger partial charge in [-0.1, -0.05) is 62.7 Å². The van der Waals surface area contributed by atoms with Crippen LogP contribution in [0.25, 0.3) is 0 Å². The molecule has 0 spiro atoms. The number of benzene rings is 3. The molecule has 3 aromatic rings. The summed E-state index contributed by atoms with van der Waals surface area (Å²) in [7, 11) is 1.62. The van der Waals surface area contributed by atoms with Crippen LogP contribution < -0.4 is 14.8 Å². The Bertz CT molecular complexity index is 1220. The molecule has 0 aliphatic carbocycles. The van der Waals surface area contributed by atoms with Gasteiger partial charge in [0.25, 0.3) is 0 Å². The Morgan fingerprint density at radius 3 is 2.40 bits per heavy atom. The molecule has 0 bridgehead atoms. The fourth-order valence-electron chi connectivity index (χ4n) is 5.37. The summed E-state index contributed by atoms with van der Waals surface area (Å²) in [6, 6.07) is 22.8. The summed E-state index contributed by atoms with van der Waals surface area (Å²) in [5.74, 6) is 1.60. The Morgan fingerprint density at radius 1 is 0.950 bits per heavy atom. The Morgan fingerprint density at radius 2 is 1.68 bits per heavy atom. The molecule has 1 amide bonds. The van der Waals surface area contributed by atoms with Crippen LogP contribution >= 0.6 is 0 Å². The number of amides is 1. The fraction of sp³-hybridized carbons (Fsp3) is 0.441. The number of hydrogen-bond donors (Lipinski definition) is 1. The van der Waals surface area contributed by atoms with E-state index in [-0.39, 0.29) is 23.7 Å². The molecule has 0 aromatic heterocycles. The van der Waals surface area contributed by atoms with E-state index < -0.39 is 0 Å². The second kappa shape index (κ2) is 14.8. The van der Waals surface area contributed by atoms with Gasteiger partial charge in [0, 0.05) is 17.2 Å². The molecule has 0 saturated carbocycles. The fourth-order valence-corrected chi connectivity index (χ4v) is 5.37. The van der Waals surface area contributed by atoms with Gasteiger partial charge in [-0.15, -0.1) is 0 Å². The Hall–Kier alpha value is -3.38. The van der Waals surface area contributed by atoms with E-state index >= 15 is 0 Å². The van der Waals surface area contributed by atoms with Crippen molar-refractivity contribution in [1.82, 2.24) is 4.90 Å². The molecule has 6 heteroatoms. The number of rotatable bonds is 13. The van der Waals surface area contributed by atoms with Crippen LogP contribution in [0.3, 0.4) is 0 Å². The maximum atomic E-state index is 14.7. The third-order valence-corrected chi connectivity index (χ3v) is 7.77. The third kappa shape index (κ3) is 8.31. The first-order chi connectivity index (χ1) is 19.4. The van der Waals surface area contributed by atoms with Crippen LogP contribution in [0.2, 0.25) is 0 Å². The van der Waals surface area contributed by atoms with Gasteiger partial charge < -0.3 is 19.7 Å². The van der Waals surface area contributed by atoms with E-state index in [9.17, 15) is 9.18 Å². The summed E-state index contributed by atoms with van der Waals surface area (Å²) in [4.78, 5) is 14.6. The summed E-state index contributed by atoms with van der Waals surface area (Å²) in [6.45, 7) is 7.07. The van der Waals surface area contributed by atoms with Gasteiger partial charge >= 0.3 is 0 Å². The number of hydrogen-bond acceptors (Lipinski definition) is 4. The molecule has 214 valence electrons. The molecular formula is C34H43FN2O3. The number of para-hydroxylation sites is 2. The third-order valence-electron chi connectivity index (χ3n) is 7.77. The number of unbranched alkanes of at least 4 members (excludes halogenated alkanes) is 2. The highest BCUT2D eigenvalue weighted by molar-refractivity contribution is 5.92. The average molecular weight is 547 g/mol.